The van der Waals surface area contributed by atoms with Gasteiger partial charge in [-0.25, -0.2) is 4.98 Å². The Labute approximate surface area is 173 Å². The summed E-state index contributed by atoms with van der Waals surface area (Å²) < 4.78 is 49.8. The number of aromatic nitrogens is 4. The normalized spacial score (nSPS) is 11.4. The molecule has 0 amide bonds. The maximum absolute atomic E-state index is 12.9. The molecule has 3 N–H and O–H groups in total. The maximum Gasteiger partial charge on any atom is 0.416 e. The van der Waals surface area contributed by atoms with Gasteiger partial charge in [-0.1, -0.05) is 17.2 Å². The van der Waals surface area contributed by atoms with Crippen molar-refractivity contribution in [1.82, 2.24) is 20.2 Å². The Morgan fingerprint density at radius 1 is 1.00 bits per heavy atom. The fourth-order valence-electron chi connectivity index (χ4n) is 2.72. The second-order valence-electron chi connectivity index (χ2n) is 6.42. The van der Waals surface area contributed by atoms with E-state index in [1.54, 1.807) is 31.2 Å². The summed E-state index contributed by atoms with van der Waals surface area (Å²) in [6.45, 7) is 1.69. The van der Waals surface area contributed by atoms with Crippen LogP contribution in [0.2, 0.25) is 0 Å². The Hall–Kier alpha value is -4.15. The first-order valence-corrected chi connectivity index (χ1v) is 8.93. The third-order valence-corrected chi connectivity index (χ3v) is 4.00. The smallest absolute Gasteiger partial charge is 0.416 e. The minimum atomic E-state index is -4.45. The zero-order valence-corrected chi connectivity index (χ0v) is 16.0. The molecule has 0 bridgehead atoms. The monoisotopic (exact) mass is 428 g/mol. The summed E-state index contributed by atoms with van der Waals surface area (Å²) in [5.74, 6) is 1.62. The quantitative estimate of drug-likeness (QED) is 0.458. The number of benzene rings is 2. The van der Waals surface area contributed by atoms with Crippen LogP contribution in [0.15, 0.2) is 59.0 Å². The van der Waals surface area contributed by atoms with E-state index in [0.29, 0.717) is 17.1 Å². The number of nitrogens with one attached hydrogen (secondary N) is 1. The summed E-state index contributed by atoms with van der Waals surface area (Å²) in [6, 6.07) is 12.9. The highest BCUT2D eigenvalue weighted by Crippen LogP contribution is 2.32. The molecule has 158 valence electrons. The lowest BCUT2D eigenvalue weighted by Crippen LogP contribution is -2.05. The van der Waals surface area contributed by atoms with Gasteiger partial charge in [0, 0.05) is 17.3 Å². The molecule has 0 fully saturated rings. The topological polar surface area (TPSA) is 112 Å². The maximum atomic E-state index is 12.9. The Balaban J connectivity index is 1.52. The molecule has 11 heteroatoms. The largest absolute Gasteiger partial charge is 0.439 e. The molecule has 0 atom stereocenters. The van der Waals surface area contributed by atoms with E-state index in [4.69, 9.17) is 14.9 Å². The van der Waals surface area contributed by atoms with Crippen molar-refractivity contribution in [2.45, 2.75) is 13.1 Å². The molecule has 2 aromatic carbocycles. The van der Waals surface area contributed by atoms with Gasteiger partial charge in [0.05, 0.1) is 5.56 Å². The number of hydrogen-bond donors (Lipinski definition) is 2. The van der Waals surface area contributed by atoms with Gasteiger partial charge in [-0.2, -0.15) is 18.2 Å². The first-order chi connectivity index (χ1) is 14.8. The van der Waals surface area contributed by atoms with Crippen LogP contribution in [-0.4, -0.2) is 20.2 Å². The number of nitrogen functional groups attached to an aromatic ring is 1. The molecule has 0 saturated carbocycles. The van der Waals surface area contributed by atoms with Crippen LogP contribution in [0, 0.1) is 6.92 Å². The van der Waals surface area contributed by atoms with Gasteiger partial charge in [-0.3, -0.25) is 0 Å². The zero-order chi connectivity index (χ0) is 22.0. The highest BCUT2D eigenvalue weighted by molar-refractivity contribution is 5.59. The highest BCUT2D eigenvalue weighted by Gasteiger charge is 2.30. The number of ether oxygens (including phenoxy) is 1. The highest BCUT2D eigenvalue weighted by atomic mass is 19.4. The molecule has 31 heavy (non-hydrogen) atoms. The predicted octanol–water partition coefficient (Wildman–Crippen LogP) is 4.97. The number of aryl methyl sites for hydroxylation is 1. The Morgan fingerprint density at radius 3 is 2.58 bits per heavy atom. The van der Waals surface area contributed by atoms with Gasteiger partial charge in [0.1, 0.15) is 17.4 Å². The molecule has 4 rings (SSSR count). The van der Waals surface area contributed by atoms with Crippen LogP contribution in [0.25, 0.3) is 11.5 Å². The van der Waals surface area contributed by atoms with Crippen LogP contribution >= 0.6 is 0 Å². The first kappa shape index (κ1) is 20.1. The summed E-state index contributed by atoms with van der Waals surface area (Å²) in [5, 5.41) is 10.4. The summed E-state index contributed by atoms with van der Waals surface area (Å²) in [4.78, 5) is 8.13. The van der Waals surface area contributed by atoms with E-state index in [1.807, 2.05) is 0 Å². The van der Waals surface area contributed by atoms with E-state index in [-0.39, 0.29) is 29.3 Å². The second kappa shape index (κ2) is 7.94. The predicted molar refractivity (Wildman–Crippen MR) is 106 cm³/mol. The van der Waals surface area contributed by atoms with Crippen molar-refractivity contribution in [2.75, 3.05) is 11.1 Å². The van der Waals surface area contributed by atoms with Crippen LogP contribution in [0.3, 0.4) is 0 Å². The number of nitrogens with zero attached hydrogens (tertiary/aromatic N) is 4. The molecule has 0 radical (unpaired) electrons. The zero-order valence-electron chi connectivity index (χ0n) is 16.0. The van der Waals surface area contributed by atoms with Crippen molar-refractivity contribution in [3.05, 3.63) is 66.0 Å². The molecule has 0 spiro atoms. The minimum absolute atomic E-state index is 0.0557. The van der Waals surface area contributed by atoms with Crippen molar-refractivity contribution in [1.29, 1.82) is 0 Å². The van der Waals surface area contributed by atoms with E-state index >= 15 is 0 Å². The third kappa shape index (κ3) is 4.89. The van der Waals surface area contributed by atoms with Crippen molar-refractivity contribution in [3.63, 3.8) is 0 Å². The Kier molecular flexibility index (Phi) is 5.15. The van der Waals surface area contributed by atoms with Crippen molar-refractivity contribution in [3.8, 4) is 23.1 Å². The molecule has 0 unspecified atom stereocenters. The van der Waals surface area contributed by atoms with E-state index in [2.05, 4.69) is 25.5 Å². The number of rotatable bonds is 5. The number of anilines is 3. The summed E-state index contributed by atoms with van der Waals surface area (Å²) in [5.41, 5.74) is 5.62. The molecule has 2 heterocycles. The van der Waals surface area contributed by atoms with Crippen molar-refractivity contribution < 1.29 is 22.3 Å². The van der Waals surface area contributed by atoms with Gasteiger partial charge in [-0.15, -0.1) is 5.10 Å². The van der Waals surface area contributed by atoms with Crippen molar-refractivity contribution in [2.24, 2.45) is 0 Å². The van der Waals surface area contributed by atoms with Gasteiger partial charge < -0.3 is 20.2 Å². The summed E-state index contributed by atoms with van der Waals surface area (Å²) >= 11 is 0. The number of nitrogens with two attached hydrogens (primary N) is 1. The molecule has 4 aromatic rings. The standard InChI is InChI=1S/C20H15F3N6O2/c1-11-25-16(24)10-17(26-11)30-15-7-2-4-12(8-15)18-28-29-19(31-18)27-14-6-3-5-13(9-14)20(21,22)23/h2-10H,1H3,(H,27,29)(H2,24,25,26). The van der Waals surface area contributed by atoms with Gasteiger partial charge in [0.15, 0.2) is 0 Å². The van der Waals surface area contributed by atoms with Gasteiger partial charge >= 0.3 is 12.2 Å². The van der Waals surface area contributed by atoms with Crippen LogP contribution in [0.5, 0.6) is 11.6 Å². The molecule has 0 aliphatic carbocycles. The van der Waals surface area contributed by atoms with Gasteiger partial charge in [0.25, 0.3) is 0 Å². The molecule has 8 nitrogen and oxygen atoms in total. The average molecular weight is 428 g/mol. The van der Waals surface area contributed by atoms with Crippen LogP contribution in [0.4, 0.5) is 30.7 Å². The molecular weight excluding hydrogens is 413 g/mol. The van der Waals surface area contributed by atoms with E-state index in [1.165, 1.54) is 18.2 Å². The molecular formula is C20H15F3N6O2. The van der Waals surface area contributed by atoms with E-state index < -0.39 is 11.7 Å². The lowest BCUT2D eigenvalue weighted by atomic mass is 10.2. The molecule has 0 aliphatic heterocycles. The van der Waals surface area contributed by atoms with E-state index in [9.17, 15) is 13.2 Å². The third-order valence-electron chi connectivity index (χ3n) is 4.00. The fourth-order valence-corrected chi connectivity index (χ4v) is 2.72. The Bertz CT molecular complexity index is 1210. The van der Waals surface area contributed by atoms with E-state index in [0.717, 1.165) is 12.1 Å². The number of alkyl halides is 3. The van der Waals surface area contributed by atoms with Crippen molar-refractivity contribution >= 4 is 17.5 Å². The van der Waals surface area contributed by atoms with Gasteiger partial charge in [0.2, 0.25) is 11.8 Å². The first-order valence-electron chi connectivity index (χ1n) is 8.93. The Morgan fingerprint density at radius 2 is 1.81 bits per heavy atom. The minimum Gasteiger partial charge on any atom is -0.439 e. The summed E-state index contributed by atoms with van der Waals surface area (Å²) in [7, 11) is 0. The molecule has 0 saturated heterocycles. The second-order valence-corrected chi connectivity index (χ2v) is 6.42. The average Bonchev–Trinajstić information content (AvgIpc) is 3.15. The molecule has 2 aromatic heterocycles. The van der Waals surface area contributed by atoms with Crippen LogP contribution in [-0.2, 0) is 6.18 Å². The summed E-state index contributed by atoms with van der Waals surface area (Å²) in [6.07, 6.45) is -4.45. The number of hydrogen-bond acceptors (Lipinski definition) is 8. The molecule has 0 aliphatic rings. The van der Waals surface area contributed by atoms with Crippen LogP contribution < -0.4 is 15.8 Å². The lowest BCUT2D eigenvalue weighted by Gasteiger charge is -2.08. The van der Waals surface area contributed by atoms with Gasteiger partial charge in [-0.05, 0) is 43.3 Å². The number of halogens is 3. The lowest BCUT2D eigenvalue weighted by molar-refractivity contribution is -0.137. The fraction of sp³-hybridized carbons (Fsp3) is 0.100. The van der Waals surface area contributed by atoms with Crippen LogP contribution in [0.1, 0.15) is 11.4 Å². The SMILES string of the molecule is Cc1nc(N)cc(Oc2cccc(-c3nnc(Nc4cccc(C(F)(F)F)c4)o3)c2)n1.